The molecule has 2 rings (SSSR count). The number of aromatic nitrogens is 2. The Hall–Kier alpha value is -0.910. The van der Waals surface area contributed by atoms with E-state index in [9.17, 15) is 0 Å². The number of hydrogen-bond donors (Lipinski definition) is 2. The van der Waals surface area contributed by atoms with Gasteiger partial charge in [0, 0.05) is 31.4 Å². The smallest absolute Gasteiger partial charge is 0.0923 e. The molecule has 2 heterocycles. The molecular formula is C18H34N4O. The van der Waals surface area contributed by atoms with Crippen LogP contribution in [0.2, 0.25) is 0 Å². The molecule has 3 unspecified atom stereocenters. The number of likely N-dealkylation sites (tertiary alicyclic amines) is 1. The van der Waals surface area contributed by atoms with Crippen molar-refractivity contribution >= 4 is 0 Å². The van der Waals surface area contributed by atoms with Crippen molar-refractivity contribution in [3.63, 3.8) is 0 Å². The predicted octanol–water partition coefficient (Wildman–Crippen LogP) is 2.80. The van der Waals surface area contributed by atoms with Gasteiger partial charge in [0.15, 0.2) is 0 Å². The number of H-pyrrole nitrogens is 1. The van der Waals surface area contributed by atoms with Crippen molar-refractivity contribution < 1.29 is 4.74 Å². The van der Waals surface area contributed by atoms with E-state index in [0.29, 0.717) is 18.2 Å². The second-order valence-corrected chi connectivity index (χ2v) is 7.31. The maximum Gasteiger partial charge on any atom is 0.0923 e. The number of hydrogen-bond acceptors (Lipinski definition) is 4. The zero-order valence-electron chi connectivity index (χ0n) is 15.2. The van der Waals surface area contributed by atoms with E-state index in [1.807, 2.05) is 6.20 Å². The fraction of sp³-hybridized carbons (Fsp3) is 0.833. The molecule has 1 aliphatic heterocycles. The van der Waals surface area contributed by atoms with Crippen LogP contribution in [0.5, 0.6) is 0 Å². The number of nitrogens with zero attached hydrogens (tertiary/aromatic N) is 2. The van der Waals surface area contributed by atoms with Crippen molar-refractivity contribution in [2.75, 3.05) is 19.7 Å². The summed E-state index contributed by atoms with van der Waals surface area (Å²) in [5.41, 5.74) is 1.07. The summed E-state index contributed by atoms with van der Waals surface area (Å²) in [7, 11) is 0. The summed E-state index contributed by atoms with van der Waals surface area (Å²) in [6, 6.07) is 1.15. The third kappa shape index (κ3) is 6.61. The lowest BCUT2D eigenvalue weighted by molar-refractivity contribution is 0.0339. The summed E-state index contributed by atoms with van der Waals surface area (Å²) >= 11 is 0. The molecule has 23 heavy (non-hydrogen) atoms. The minimum Gasteiger partial charge on any atom is -0.378 e. The standard InChI is InChI=1S/C18H34N4O/c1-14(2)22-8-7-17(11-22)12-23-16(4)6-5-15(3)20-10-18-9-19-13-21-18/h9,13-17,20H,5-8,10-12H2,1-4H3,(H,19,21). The summed E-state index contributed by atoms with van der Waals surface area (Å²) in [5.74, 6) is 0.718. The van der Waals surface area contributed by atoms with Crippen LogP contribution in [-0.2, 0) is 11.3 Å². The van der Waals surface area contributed by atoms with E-state index in [-0.39, 0.29) is 0 Å². The van der Waals surface area contributed by atoms with Crippen LogP contribution in [0, 0.1) is 5.92 Å². The molecule has 2 N–H and O–H groups in total. The predicted molar refractivity (Wildman–Crippen MR) is 94.4 cm³/mol. The Balaban J connectivity index is 1.53. The molecule has 0 bridgehead atoms. The highest BCUT2D eigenvalue weighted by Gasteiger charge is 2.24. The molecular weight excluding hydrogens is 288 g/mol. The largest absolute Gasteiger partial charge is 0.378 e. The molecule has 1 aliphatic rings. The van der Waals surface area contributed by atoms with Crippen LogP contribution in [0.4, 0.5) is 0 Å². The quantitative estimate of drug-likeness (QED) is 0.695. The third-order valence-corrected chi connectivity index (χ3v) is 4.86. The molecule has 1 saturated heterocycles. The minimum atomic E-state index is 0.345. The third-order valence-electron chi connectivity index (χ3n) is 4.86. The first-order valence-electron chi connectivity index (χ1n) is 9.11. The Labute approximate surface area is 141 Å². The zero-order chi connectivity index (χ0) is 16.7. The Morgan fingerprint density at radius 3 is 2.83 bits per heavy atom. The summed E-state index contributed by atoms with van der Waals surface area (Å²) in [5, 5.41) is 3.51. The molecule has 0 radical (unpaired) electrons. The molecule has 1 aromatic rings. The van der Waals surface area contributed by atoms with Crippen LogP contribution >= 0.6 is 0 Å². The lowest BCUT2D eigenvalue weighted by Crippen LogP contribution is -2.29. The second kappa shape index (κ2) is 9.40. The molecule has 0 saturated carbocycles. The van der Waals surface area contributed by atoms with Gasteiger partial charge in [0.25, 0.3) is 0 Å². The van der Waals surface area contributed by atoms with Gasteiger partial charge in [-0.3, -0.25) is 0 Å². The highest BCUT2D eigenvalue weighted by atomic mass is 16.5. The van der Waals surface area contributed by atoms with E-state index >= 15 is 0 Å². The van der Waals surface area contributed by atoms with E-state index in [4.69, 9.17) is 4.74 Å². The van der Waals surface area contributed by atoms with Gasteiger partial charge in [-0.2, -0.15) is 0 Å². The molecule has 0 aromatic carbocycles. The average Bonchev–Trinajstić information content (AvgIpc) is 3.19. The van der Waals surface area contributed by atoms with Gasteiger partial charge < -0.3 is 19.9 Å². The van der Waals surface area contributed by atoms with Gasteiger partial charge in [0.2, 0.25) is 0 Å². The SMILES string of the molecule is CC(CCC(C)OCC1CCN(C(C)C)C1)NCc1c[nH]cn1. The van der Waals surface area contributed by atoms with E-state index in [0.717, 1.165) is 37.6 Å². The Morgan fingerprint density at radius 2 is 2.17 bits per heavy atom. The second-order valence-electron chi connectivity index (χ2n) is 7.31. The average molecular weight is 322 g/mol. The van der Waals surface area contributed by atoms with Crippen LogP contribution in [-0.4, -0.2) is 52.8 Å². The van der Waals surface area contributed by atoms with Crippen molar-refractivity contribution in [1.82, 2.24) is 20.2 Å². The van der Waals surface area contributed by atoms with Gasteiger partial charge in [-0.25, -0.2) is 4.98 Å². The van der Waals surface area contributed by atoms with Gasteiger partial charge >= 0.3 is 0 Å². The van der Waals surface area contributed by atoms with Gasteiger partial charge in [-0.1, -0.05) is 0 Å². The first kappa shape index (κ1) is 18.4. The number of rotatable bonds is 10. The fourth-order valence-electron chi connectivity index (χ4n) is 3.10. The summed E-state index contributed by atoms with van der Waals surface area (Å²) in [6.45, 7) is 13.2. The maximum atomic E-state index is 6.08. The fourth-order valence-corrected chi connectivity index (χ4v) is 3.10. The molecule has 5 heteroatoms. The van der Waals surface area contributed by atoms with Crippen molar-refractivity contribution in [3.8, 4) is 0 Å². The maximum absolute atomic E-state index is 6.08. The van der Waals surface area contributed by atoms with Crippen LogP contribution < -0.4 is 5.32 Å². The highest BCUT2D eigenvalue weighted by molar-refractivity contribution is 4.93. The summed E-state index contributed by atoms with van der Waals surface area (Å²) < 4.78 is 6.08. The van der Waals surface area contributed by atoms with Gasteiger partial charge in [-0.15, -0.1) is 0 Å². The number of imidazole rings is 1. The van der Waals surface area contributed by atoms with Crippen LogP contribution in [0.1, 0.15) is 52.7 Å². The van der Waals surface area contributed by atoms with Crippen molar-refractivity contribution in [2.24, 2.45) is 5.92 Å². The number of ether oxygens (including phenoxy) is 1. The van der Waals surface area contributed by atoms with E-state index in [1.54, 1.807) is 6.33 Å². The lowest BCUT2D eigenvalue weighted by atomic mass is 10.1. The highest BCUT2D eigenvalue weighted by Crippen LogP contribution is 2.19. The van der Waals surface area contributed by atoms with Gasteiger partial charge in [0.1, 0.15) is 0 Å². The Morgan fingerprint density at radius 1 is 1.35 bits per heavy atom. The van der Waals surface area contributed by atoms with Crippen LogP contribution in [0.3, 0.4) is 0 Å². The van der Waals surface area contributed by atoms with Crippen LogP contribution in [0.25, 0.3) is 0 Å². The zero-order valence-corrected chi connectivity index (χ0v) is 15.2. The number of aromatic amines is 1. The minimum absolute atomic E-state index is 0.345. The molecule has 0 amide bonds. The van der Waals surface area contributed by atoms with Crippen molar-refractivity contribution in [3.05, 3.63) is 18.2 Å². The van der Waals surface area contributed by atoms with Gasteiger partial charge in [-0.05, 0) is 59.4 Å². The van der Waals surface area contributed by atoms with Crippen molar-refractivity contribution in [2.45, 2.75) is 71.7 Å². The van der Waals surface area contributed by atoms with E-state index < -0.39 is 0 Å². The summed E-state index contributed by atoms with van der Waals surface area (Å²) in [4.78, 5) is 9.77. The van der Waals surface area contributed by atoms with E-state index in [1.165, 1.54) is 19.5 Å². The molecule has 1 aromatic heterocycles. The lowest BCUT2D eigenvalue weighted by Gasteiger charge is -2.21. The Bertz CT molecular complexity index is 421. The topological polar surface area (TPSA) is 53.2 Å². The molecule has 1 fully saturated rings. The van der Waals surface area contributed by atoms with Gasteiger partial charge in [0.05, 0.1) is 24.7 Å². The first-order valence-corrected chi connectivity index (χ1v) is 9.11. The summed E-state index contributed by atoms with van der Waals surface area (Å²) in [6.07, 6.45) is 7.53. The molecule has 0 aliphatic carbocycles. The first-order chi connectivity index (χ1) is 11.0. The molecule has 3 atom stereocenters. The van der Waals surface area contributed by atoms with E-state index in [2.05, 4.69) is 47.9 Å². The molecule has 5 nitrogen and oxygen atoms in total. The number of nitrogens with one attached hydrogen (secondary N) is 2. The normalized spacial score (nSPS) is 21.9. The monoisotopic (exact) mass is 322 g/mol. The molecule has 0 spiro atoms. The van der Waals surface area contributed by atoms with Crippen LogP contribution in [0.15, 0.2) is 12.5 Å². The Kier molecular flexibility index (Phi) is 7.53. The molecule has 132 valence electrons. The van der Waals surface area contributed by atoms with Crippen molar-refractivity contribution in [1.29, 1.82) is 0 Å².